The van der Waals surface area contributed by atoms with Crippen LogP contribution in [0, 0.1) is 0 Å². The molecule has 0 spiro atoms. The lowest BCUT2D eigenvalue weighted by Crippen LogP contribution is -2.61. The molecule has 4 atom stereocenters. The number of thioether (sulfide) groups is 2. The largest absolute Gasteiger partial charge is 0.386 e. The molecule has 0 aliphatic carbocycles. The number of hydrogen-bond acceptors (Lipinski definition) is 9. The van der Waals surface area contributed by atoms with Gasteiger partial charge >= 0.3 is 0 Å². The predicted octanol–water partition coefficient (Wildman–Crippen LogP) is 0.985. The summed E-state index contributed by atoms with van der Waals surface area (Å²) < 4.78 is 0. The lowest BCUT2D eigenvalue weighted by Gasteiger charge is -2.37. The number of imide groups is 1. The molecule has 2 aliphatic rings. The Labute approximate surface area is 257 Å². The van der Waals surface area contributed by atoms with Gasteiger partial charge in [0.05, 0.1) is 5.94 Å². The Morgan fingerprint density at radius 3 is 2.42 bits per heavy atom. The lowest BCUT2D eigenvalue weighted by molar-refractivity contribution is -0.145. The molecule has 4 rings (SSSR count). The van der Waals surface area contributed by atoms with Gasteiger partial charge in [0, 0.05) is 31.4 Å². The number of aliphatic hydroxyl groups is 1. The van der Waals surface area contributed by atoms with Crippen molar-refractivity contribution in [3.8, 4) is 0 Å². The molecule has 0 radical (unpaired) electrons. The number of carbonyl (C=O) groups excluding carboxylic acids is 6. The number of aliphatic hydroxyl groups excluding tert-OH is 1. The number of primary amides is 1. The highest BCUT2D eigenvalue weighted by Crippen LogP contribution is 2.25. The fourth-order valence-corrected chi connectivity index (χ4v) is 6.90. The lowest BCUT2D eigenvalue weighted by atomic mass is 9.98. The maximum atomic E-state index is 13.8. The van der Waals surface area contributed by atoms with Crippen LogP contribution in [0.25, 0.3) is 10.8 Å². The maximum Gasteiger partial charge on any atom is 0.289 e. The first-order chi connectivity index (χ1) is 20.6. The second-order valence-electron chi connectivity index (χ2n) is 10.4. The van der Waals surface area contributed by atoms with Crippen molar-refractivity contribution in [2.75, 3.05) is 24.0 Å². The van der Waals surface area contributed by atoms with E-state index in [0.29, 0.717) is 19.3 Å². The summed E-state index contributed by atoms with van der Waals surface area (Å²) in [5.41, 5.74) is 6.48. The van der Waals surface area contributed by atoms with Crippen LogP contribution in [0.1, 0.15) is 31.7 Å². The summed E-state index contributed by atoms with van der Waals surface area (Å²) in [6.45, 7) is 1.43. The molecule has 2 fully saturated rings. The second kappa shape index (κ2) is 14.7. The van der Waals surface area contributed by atoms with Crippen LogP contribution in [0.2, 0.25) is 0 Å². The first-order valence-corrected chi connectivity index (χ1v) is 16.1. The average molecular weight is 630 g/mol. The topological polar surface area (TPSA) is 179 Å². The molecule has 14 heteroatoms. The van der Waals surface area contributed by atoms with Crippen molar-refractivity contribution in [2.45, 2.75) is 56.8 Å². The van der Waals surface area contributed by atoms with Gasteiger partial charge in [-0.25, -0.2) is 0 Å². The molecule has 2 aromatic carbocycles. The van der Waals surface area contributed by atoms with E-state index in [2.05, 4.69) is 10.6 Å². The minimum atomic E-state index is -1.13. The van der Waals surface area contributed by atoms with Gasteiger partial charge in [-0.05, 0) is 35.6 Å². The van der Waals surface area contributed by atoms with Crippen molar-refractivity contribution >= 4 is 69.1 Å². The van der Waals surface area contributed by atoms with E-state index in [1.165, 1.54) is 11.8 Å². The Morgan fingerprint density at radius 1 is 1.02 bits per heavy atom. The van der Waals surface area contributed by atoms with Crippen LogP contribution >= 0.6 is 23.5 Å². The molecule has 0 bridgehead atoms. The standard InChI is InChI=1S/C29H35N5O7S2/c1-17(36)34-24(15-43-29(34)41)27(39)32-22(14-42-16-35)28(40)33-11-5-4-8-23(33)26(38)31-21(25(30)37)13-18-9-10-19-6-2-3-7-20(19)12-18/h2-3,6-7,9-10,12,21-24,35H,4-5,8,11,13-16H2,1H3,(H2,30,37)(H,31,38)(H,32,39)/t21-,22-,23-,24?/m0/s1. The van der Waals surface area contributed by atoms with Crippen molar-refractivity contribution in [3.05, 3.63) is 48.0 Å². The Balaban J connectivity index is 1.48. The fourth-order valence-electron chi connectivity index (χ4n) is 5.34. The third-order valence-electron chi connectivity index (χ3n) is 7.51. The highest BCUT2D eigenvalue weighted by Gasteiger charge is 2.42. The number of fused-ring (bicyclic) bond motifs is 1. The van der Waals surface area contributed by atoms with E-state index in [1.54, 1.807) is 0 Å². The molecule has 0 saturated carbocycles. The normalized spacial score (nSPS) is 20.0. The number of rotatable bonds is 11. The van der Waals surface area contributed by atoms with E-state index in [4.69, 9.17) is 5.73 Å². The zero-order chi connectivity index (χ0) is 31.1. The van der Waals surface area contributed by atoms with Gasteiger partial charge in [0.15, 0.2) is 0 Å². The van der Waals surface area contributed by atoms with Gasteiger partial charge in [-0.3, -0.25) is 33.7 Å². The van der Waals surface area contributed by atoms with Crippen molar-refractivity contribution < 1.29 is 33.9 Å². The van der Waals surface area contributed by atoms with Crippen LogP contribution in [0.15, 0.2) is 42.5 Å². The Bertz CT molecular complexity index is 1410. The molecule has 2 saturated heterocycles. The SMILES string of the molecule is CC(=O)N1C(=O)SCC1C(=O)N[C@@H](CSCO)C(=O)N1CCCC[C@H]1C(=O)N[C@@H](Cc1ccc2ccccc2c1)C(N)=O. The summed E-state index contributed by atoms with van der Waals surface area (Å²) in [7, 11) is 0. The van der Waals surface area contributed by atoms with E-state index in [9.17, 15) is 33.9 Å². The molecule has 230 valence electrons. The summed E-state index contributed by atoms with van der Waals surface area (Å²) in [5, 5.41) is 16.2. The van der Waals surface area contributed by atoms with Crippen molar-refractivity contribution in [3.63, 3.8) is 0 Å². The van der Waals surface area contributed by atoms with Crippen LogP contribution < -0.4 is 16.4 Å². The average Bonchev–Trinajstić information content (AvgIpc) is 3.40. The summed E-state index contributed by atoms with van der Waals surface area (Å²) in [6, 6.07) is 9.39. The van der Waals surface area contributed by atoms with Crippen molar-refractivity contribution in [1.29, 1.82) is 0 Å². The highest BCUT2D eigenvalue weighted by molar-refractivity contribution is 8.14. The molecular formula is C29H35N5O7S2. The van der Waals surface area contributed by atoms with Gasteiger partial charge in [-0.15, -0.1) is 11.8 Å². The molecule has 1 unspecified atom stereocenters. The minimum Gasteiger partial charge on any atom is -0.386 e. The number of benzene rings is 2. The van der Waals surface area contributed by atoms with Crippen LogP contribution in [-0.2, 0) is 30.4 Å². The molecule has 12 nitrogen and oxygen atoms in total. The van der Waals surface area contributed by atoms with E-state index in [0.717, 1.165) is 44.8 Å². The quantitative estimate of drug-likeness (QED) is 0.264. The smallest absolute Gasteiger partial charge is 0.289 e. The molecule has 2 aliphatic heterocycles. The number of nitrogens with two attached hydrogens (primary N) is 1. The van der Waals surface area contributed by atoms with Crippen LogP contribution in [-0.4, -0.2) is 97.8 Å². The summed E-state index contributed by atoms with van der Waals surface area (Å²) >= 11 is 1.84. The van der Waals surface area contributed by atoms with Gasteiger partial charge in [0.25, 0.3) is 5.24 Å². The molecule has 2 aromatic rings. The van der Waals surface area contributed by atoms with Gasteiger partial charge in [-0.2, -0.15) is 0 Å². The minimum absolute atomic E-state index is 0.00562. The molecule has 43 heavy (non-hydrogen) atoms. The van der Waals surface area contributed by atoms with Crippen molar-refractivity contribution in [1.82, 2.24) is 20.4 Å². The molecular weight excluding hydrogens is 594 g/mol. The number of nitrogens with zero attached hydrogens (tertiary/aromatic N) is 2. The predicted molar refractivity (Wildman–Crippen MR) is 164 cm³/mol. The number of piperidine rings is 1. The molecule has 2 heterocycles. The summed E-state index contributed by atoms with van der Waals surface area (Å²) in [4.78, 5) is 79.1. The number of amides is 6. The summed E-state index contributed by atoms with van der Waals surface area (Å²) in [6.07, 6.45) is 1.82. The van der Waals surface area contributed by atoms with E-state index >= 15 is 0 Å². The van der Waals surface area contributed by atoms with Gasteiger partial charge in [0.1, 0.15) is 24.2 Å². The van der Waals surface area contributed by atoms with E-state index < -0.39 is 58.9 Å². The summed E-state index contributed by atoms with van der Waals surface area (Å²) in [5.74, 6) is -3.28. The second-order valence-corrected chi connectivity index (χ2v) is 12.4. The Hall–Kier alpha value is -3.62. The third kappa shape index (κ3) is 7.86. The zero-order valence-electron chi connectivity index (χ0n) is 23.7. The first kappa shape index (κ1) is 32.3. The monoisotopic (exact) mass is 629 g/mol. The fraction of sp³-hybridized carbons (Fsp3) is 0.448. The van der Waals surface area contributed by atoms with Crippen LogP contribution in [0.4, 0.5) is 4.79 Å². The van der Waals surface area contributed by atoms with Gasteiger partial charge in [-0.1, -0.05) is 54.2 Å². The molecule has 0 aromatic heterocycles. The zero-order valence-corrected chi connectivity index (χ0v) is 25.3. The Morgan fingerprint density at radius 2 is 1.72 bits per heavy atom. The van der Waals surface area contributed by atoms with E-state index in [1.807, 2.05) is 42.5 Å². The number of carbonyl (C=O) groups is 6. The third-order valence-corrected chi connectivity index (χ3v) is 9.19. The maximum absolute atomic E-state index is 13.8. The van der Waals surface area contributed by atoms with Crippen LogP contribution in [0.5, 0.6) is 0 Å². The number of hydrogen-bond donors (Lipinski definition) is 4. The molecule has 6 amide bonds. The molecule has 5 N–H and O–H groups in total. The van der Waals surface area contributed by atoms with Gasteiger partial charge in [0.2, 0.25) is 29.5 Å². The number of nitrogens with one attached hydrogen (secondary N) is 2. The first-order valence-electron chi connectivity index (χ1n) is 13.9. The van der Waals surface area contributed by atoms with Crippen LogP contribution in [0.3, 0.4) is 0 Å². The highest BCUT2D eigenvalue weighted by atomic mass is 32.2. The van der Waals surface area contributed by atoms with Gasteiger partial charge < -0.3 is 26.4 Å². The Kier molecular flexibility index (Phi) is 11.0. The number of likely N-dealkylation sites (tertiary alicyclic amines) is 1. The van der Waals surface area contributed by atoms with Crippen molar-refractivity contribution in [2.24, 2.45) is 5.73 Å². The van der Waals surface area contributed by atoms with E-state index in [-0.39, 0.29) is 30.4 Å².